The first-order chi connectivity index (χ1) is 14.4. The number of rotatable bonds is 7. The summed E-state index contributed by atoms with van der Waals surface area (Å²) < 4.78 is 10.5. The zero-order chi connectivity index (χ0) is 21.5. The van der Waals surface area contributed by atoms with Gasteiger partial charge < -0.3 is 20.1 Å². The Morgan fingerprint density at radius 1 is 0.867 bits per heavy atom. The van der Waals surface area contributed by atoms with Crippen LogP contribution in [0, 0.1) is 0 Å². The molecule has 0 unspecified atom stereocenters. The minimum atomic E-state index is -0.386. The predicted octanol–water partition coefficient (Wildman–Crippen LogP) is 5.27. The van der Waals surface area contributed by atoms with Gasteiger partial charge in [0, 0.05) is 16.4 Å². The summed E-state index contributed by atoms with van der Waals surface area (Å²) in [6.45, 7) is -0.163. The molecular weight excluding hydrogens is 427 g/mol. The second kappa shape index (κ2) is 10.0. The van der Waals surface area contributed by atoms with E-state index >= 15 is 0 Å². The van der Waals surface area contributed by atoms with E-state index < -0.39 is 0 Å². The van der Waals surface area contributed by atoms with Crippen molar-refractivity contribution in [3.63, 3.8) is 0 Å². The highest BCUT2D eigenvalue weighted by atomic mass is 35.5. The molecule has 0 atom stereocenters. The lowest BCUT2D eigenvalue weighted by molar-refractivity contribution is -0.118. The van der Waals surface area contributed by atoms with Gasteiger partial charge in [0.2, 0.25) is 0 Å². The minimum absolute atomic E-state index is 0.163. The second-order valence-electron chi connectivity index (χ2n) is 6.17. The van der Waals surface area contributed by atoms with E-state index in [9.17, 15) is 9.59 Å². The van der Waals surface area contributed by atoms with Crippen LogP contribution in [-0.4, -0.2) is 25.5 Å². The molecule has 0 aromatic heterocycles. The summed E-state index contributed by atoms with van der Waals surface area (Å²) in [6, 6.07) is 18.3. The van der Waals surface area contributed by atoms with E-state index in [4.69, 9.17) is 32.7 Å². The van der Waals surface area contributed by atoms with Crippen LogP contribution in [0.2, 0.25) is 10.0 Å². The summed E-state index contributed by atoms with van der Waals surface area (Å²) in [5.41, 5.74) is 1.31. The highest BCUT2D eigenvalue weighted by molar-refractivity contribution is 6.37. The van der Waals surface area contributed by atoms with Crippen LogP contribution in [0.1, 0.15) is 10.4 Å². The van der Waals surface area contributed by atoms with Gasteiger partial charge in [-0.3, -0.25) is 9.59 Å². The highest BCUT2D eigenvalue weighted by Gasteiger charge is 2.12. The van der Waals surface area contributed by atoms with Gasteiger partial charge in [-0.15, -0.1) is 0 Å². The fourth-order valence-electron chi connectivity index (χ4n) is 2.56. The zero-order valence-electron chi connectivity index (χ0n) is 15.9. The van der Waals surface area contributed by atoms with Gasteiger partial charge in [-0.05, 0) is 60.7 Å². The first-order valence-corrected chi connectivity index (χ1v) is 9.63. The zero-order valence-corrected chi connectivity index (χ0v) is 17.5. The Labute approximate surface area is 183 Å². The van der Waals surface area contributed by atoms with Gasteiger partial charge in [0.15, 0.2) is 6.61 Å². The summed E-state index contributed by atoms with van der Waals surface area (Å²) in [6.07, 6.45) is 0. The van der Waals surface area contributed by atoms with Crippen molar-refractivity contribution in [2.24, 2.45) is 0 Å². The summed E-state index contributed by atoms with van der Waals surface area (Å²) in [7, 11) is 1.57. The largest absolute Gasteiger partial charge is 0.497 e. The first-order valence-electron chi connectivity index (χ1n) is 8.88. The molecule has 8 heteroatoms. The van der Waals surface area contributed by atoms with Crippen LogP contribution in [0.5, 0.6) is 11.5 Å². The lowest BCUT2D eigenvalue weighted by atomic mass is 10.2. The number of ether oxygens (including phenoxy) is 2. The maximum atomic E-state index is 12.4. The van der Waals surface area contributed by atoms with Crippen molar-refractivity contribution in [3.05, 3.63) is 82.3 Å². The molecule has 0 heterocycles. The summed E-state index contributed by atoms with van der Waals surface area (Å²) in [5, 5.41) is 6.16. The van der Waals surface area contributed by atoms with E-state index in [1.165, 1.54) is 6.07 Å². The fourth-order valence-corrected chi connectivity index (χ4v) is 3.06. The molecule has 0 aliphatic heterocycles. The smallest absolute Gasteiger partial charge is 0.262 e. The third-order valence-corrected chi connectivity index (χ3v) is 4.56. The molecule has 0 aliphatic carbocycles. The average molecular weight is 445 g/mol. The van der Waals surface area contributed by atoms with E-state index in [0.717, 1.165) is 0 Å². The van der Waals surface area contributed by atoms with Gasteiger partial charge >= 0.3 is 0 Å². The van der Waals surface area contributed by atoms with Crippen LogP contribution >= 0.6 is 23.2 Å². The van der Waals surface area contributed by atoms with Gasteiger partial charge in [0.05, 0.1) is 17.7 Å². The third-order valence-electron chi connectivity index (χ3n) is 4.01. The van der Waals surface area contributed by atoms with Gasteiger partial charge in [0.1, 0.15) is 11.5 Å². The number of halogens is 2. The van der Waals surface area contributed by atoms with E-state index in [0.29, 0.717) is 33.5 Å². The minimum Gasteiger partial charge on any atom is -0.497 e. The molecule has 154 valence electrons. The number of nitrogens with one attached hydrogen (secondary N) is 2. The standard InChI is InChI=1S/C22H18Cl2N2O4/c1-29-17-6-8-18(9-7-17)30-13-21(27)25-15-3-2-4-16(12-15)26-22(28)19-10-5-14(23)11-20(19)24/h2-12H,13H2,1H3,(H,25,27)(H,26,28). The SMILES string of the molecule is COc1ccc(OCC(=O)Nc2cccc(NC(=O)c3ccc(Cl)cc3Cl)c2)cc1. The molecule has 2 N–H and O–H groups in total. The van der Waals surface area contributed by atoms with Crippen LogP contribution in [0.25, 0.3) is 0 Å². The molecule has 0 spiro atoms. The van der Waals surface area contributed by atoms with Gasteiger partial charge in [-0.1, -0.05) is 29.3 Å². The average Bonchev–Trinajstić information content (AvgIpc) is 2.72. The Hall–Kier alpha value is -3.22. The van der Waals surface area contributed by atoms with Crippen LogP contribution in [0.15, 0.2) is 66.7 Å². The van der Waals surface area contributed by atoms with Crippen LogP contribution in [0.4, 0.5) is 11.4 Å². The number of carbonyl (C=O) groups excluding carboxylic acids is 2. The third kappa shape index (κ3) is 5.89. The second-order valence-corrected chi connectivity index (χ2v) is 7.02. The lowest BCUT2D eigenvalue weighted by Gasteiger charge is -2.11. The summed E-state index contributed by atoms with van der Waals surface area (Å²) >= 11 is 11.9. The molecule has 30 heavy (non-hydrogen) atoms. The topological polar surface area (TPSA) is 76.7 Å². The lowest BCUT2D eigenvalue weighted by Crippen LogP contribution is -2.20. The molecule has 0 fully saturated rings. The van der Waals surface area contributed by atoms with Gasteiger partial charge in [-0.25, -0.2) is 0 Å². The number of benzene rings is 3. The number of anilines is 2. The van der Waals surface area contributed by atoms with Gasteiger partial charge in [-0.2, -0.15) is 0 Å². The molecular formula is C22H18Cl2N2O4. The van der Waals surface area contributed by atoms with Crippen molar-refractivity contribution in [3.8, 4) is 11.5 Å². The molecule has 0 bridgehead atoms. The Morgan fingerprint density at radius 3 is 2.20 bits per heavy atom. The summed E-state index contributed by atoms with van der Waals surface area (Å²) in [5.74, 6) is 0.524. The molecule has 3 rings (SSSR count). The Balaban J connectivity index is 1.57. The normalized spacial score (nSPS) is 10.2. The highest BCUT2D eigenvalue weighted by Crippen LogP contribution is 2.23. The molecule has 2 amide bonds. The Morgan fingerprint density at radius 2 is 1.53 bits per heavy atom. The van der Waals surface area contributed by atoms with E-state index in [2.05, 4.69) is 10.6 Å². The molecule has 0 saturated heterocycles. The van der Waals surface area contributed by atoms with Crippen molar-refractivity contribution in [1.82, 2.24) is 0 Å². The number of carbonyl (C=O) groups is 2. The van der Waals surface area contributed by atoms with Crippen molar-refractivity contribution >= 4 is 46.4 Å². The van der Waals surface area contributed by atoms with Crippen LogP contribution in [0.3, 0.4) is 0 Å². The van der Waals surface area contributed by atoms with Gasteiger partial charge in [0.25, 0.3) is 11.8 Å². The van der Waals surface area contributed by atoms with Crippen molar-refractivity contribution in [2.45, 2.75) is 0 Å². The number of hydrogen-bond donors (Lipinski definition) is 2. The van der Waals surface area contributed by atoms with E-state index in [1.807, 2.05) is 0 Å². The molecule has 0 aliphatic rings. The Bertz CT molecular complexity index is 1060. The fraction of sp³-hybridized carbons (Fsp3) is 0.0909. The predicted molar refractivity (Wildman–Crippen MR) is 118 cm³/mol. The Kier molecular flexibility index (Phi) is 7.17. The quantitative estimate of drug-likeness (QED) is 0.520. The van der Waals surface area contributed by atoms with Crippen molar-refractivity contribution in [1.29, 1.82) is 0 Å². The summed E-state index contributed by atoms with van der Waals surface area (Å²) in [4.78, 5) is 24.6. The maximum Gasteiger partial charge on any atom is 0.262 e. The maximum absolute atomic E-state index is 12.4. The van der Waals surface area contributed by atoms with Crippen LogP contribution in [-0.2, 0) is 4.79 Å². The molecule has 0 saturated carbocycles. The number of amides is 2. The van der Waals surface area contributed by atoms with E-state index in [1.54, 1.807) is 67.8 Å². The van der Waals surface area contributed by atoms with Crippen molar-refractivity contribution < 1.29 is 19.1 Å². The van der Waals surface area contributed by atoms with E-state index in [-0.39, 0.29) is 23.4 Å². The van der Waals surface area contributed by atoms with Crippen LogP contribution < -0.4 is 20.1 Å². The number of hydrogen-bond acceptors (Lipinski definition) is 4. The molecule has 3 aromatic rings. The molecule has 6 nitrogen and oxygen atoms in total. The molecule has 0 radical (unpaired) electrons. The number of methoxy groups -OCH3 is 1. The first kappa shape index (κ1) is 21.5. The monoisotopic (exact) mass is 444 g/mol. The molecule has 3 aromatic carbocycles. The van der Waals surface area contributed by atoms with Crippen molar-refractivity contribution in [2.75, 3.05) is 24.4 Å².